The highest BCUT2D eigenvalue weighted by Gasteiger charge is 2.24. The summed E-state index contributed by atoms with van der Waals surface area (Å²) in [6.07, 6.45) is 13.4. The third kappa shape index (κ3) is 7.60. The van der Waals surface area contributed by atoms with E-state index in [1.807, 2.05) is 0 Å². The molecular weight excluding hydrogens is 248 g/mol. The molecule has 0 aliphatic carbocycles. The summed E-state index contributed by atoms with van der Waals surface area (Å²) in [6.45, 7) is 2.94. The molecule has 1 aliphatic rings. The minimum atomic E-state index is 0.0123. The fourth-order valence-electron chi connectivity index (χ4n) is 2.36. The number of hydrogen-bond donors (Lipinski definition) is 0. The Balaban J connectivity index is 1.79. The van der Waals surface area contributed by atoms with Gasteiger partial charge in [0.05, 0.1) is 18.6 Å². The van der Waals surface area contributed by atoms with Crippen LogP contribution in [0.1, 0.15) is 71.1 Å². The van der Waals surface area contributed by atoms with Crippen LogP contribution < -0.4 is 0 Å². The van der Waals surface area contributed by atoms with E-state index in [1.165, 1.54) is 57.8 Å². The van der Waals surface area contributed by atoms with Crippen LogP contribution in [-0.4, -0.2) is 24.9 Å². The minimum Gasteiger partial charge on any atom is -0.350 e. The predicted molar refractivity (Wildman–Crippen MR) is 77.2 cm³/mol. The van der Waals surface area contributed by atoms with E-state index in [-0.39, 0.29) is 12.4 Å². The molecule has 0 aromatic heterocycles. The van der Waals surface area contributed by atoms with Crippen molar-refractivity contribution in [2.45, 2.75) is 83.5 Å². The third-order valence-electron chi connectivity index (χ3n) is 3.53. The van der Waals surface area contributed by atoms with Crippen molar-refractivity contribution in [3.63, 3.8) is 0 Å². The maximum Gasteiger partial charge on any atom is 0.158 e. The molecule has 3 heteroatoms. The first-order valence-electron chi connectivity index (χ1n) is 7.69. The van der Waals surface area contributed by atoms with E-state index in [9.17, 15) is 0 Å². The lowest BCUT2D eigenvalue weighted by Crippen LogP contribution is -2.13. The molecule has 1 heterocycles. The average molecular weight is 277 g/mol. The Morgan fingerprint density at radius 3 is 2.11 bits per heavy atom. The molecule has 2 unspecified atom stereocenters. The second-order valence-corrected chi connectivity index (χ2v) is 5.60. The van der Waals surface area contributed by atoms with Crippen molar-refractivity contribution in [1.29, 1.82) is 0 Å². The Morgan fingerprint density at radius 1 is 0.944 bits per heavy atom. The summed E-state index contributed by atoms with van der Waals surface area (Å²) in [6, 6.07) is 0. The molecule has 18 heavy (non-hydrogen) atoms. The number of alkyl halides is 1. The van der Waals surface area contributed by atoms with Crippen molar-refractivity contribution in [1.82, 2.24) is 0 Å². The molecule has 0 aromatic rings. The van der Waals surface area contributed by atoms with Gasteiger partial charge >= 0.3 is 0 Å². The number of rotatable bonds is 11. The topological polar surface area (TPSA) is 18.5 Å². The molecule has 0 bridgehead atoms. The first-order valence-corrected chi connectivity index (χ1v) is 8.23. The summed E-state index contributed by atoms with van der Waals surface area (Å²) >= 11 is 5.72. The van der Waals surface area contributed by atoms with Gasteiger partial charge in [0, 0.05) is 0 Å². The smallest absolute Gasteiger partial charge is 0.158 e. The van der Waals surface area contributed by atoms with Gasteiger partial charge in [0.2, 0.25) is 0 Å². The molecule has 0 N–H and O–H groups in total. The lowest BCUT2D eigenvalue weighted by atomic mass is 10.1. The molecule has 1 saturated heterocycles. The highest BCUT2D eigenvalue weighted by atomic mass is 35.5. The zero-order valence-electron chi connectivity index (χ0n) is 11.8. The molecule has 1 fully saturated rings. The van der Waals surface area contributed by atoms with E-state index >= 15 is 0 Å². The molecular formula is C15H29ClO2. The van der Waals surface area contributed by atoms with Gasteiger partial charge < -0.3 is 9.47 Å². The lowest BCUT2D eigenvalue weighted by Gasteiger charge is -2.09. The van der Waals surface area contributed by atoms with Gasteiger partial charge in [-0.25, -0.2) is 0 Å². The van der Waals surface area contributed by atoms with Gasteiger partial charge in [-0.2, -0.15) is 0 Å². The van der Waals surface area contributed by atoms with Gasteiger partial charge in [0.15, 0.2) is 6.29 Å². The quantitative estimate of drug-likeness (QED) is 0.395. The SMILES string of the molecule is CCCCCCCCCCCC1OCC(CCl)O1. The van der Waals surface area contributed by atoms with Gasteiger partial charge in [0.25, 0.3) is 0 Å². The number of halogens is 1. The van der Waals surface area contributed by atoms with E-state index in [0.717, 1.165) is 6.42 Å². The Morgan fingerprint density at radius 2 is 1.56 bits per heavy atom. The van der Waals surface area contributed by atoms with Crippen LogP contribution in [0.3, 0.4) is 0 Å². The highest BCUT2D eigenvalue weighted by Crippen LogP contribution is 2.19. The van der Waals surface area contributed by atoms with E-state index in [4.69, 9.17) is 21.1 Å². The third-order valence-corrected chi connectivity index (χ3v) is 3.87. The van der Waals surface area contributed by atoms with E-state index < -0.39 is 0 Å². The van der Waals surface area contributed by atoms with Crippen LogP contribution in [0.2, 0.25) is 0 Å². The van der Waals surface area contributed by atoms with Crippen LogP contribution in [0.25, 0.3) is 0 Å². The Kier molecular flexibility index (Phi) is 10.0. The Labute approximate surface area is 117 Å². The maximum absolute atomic E-state index is 5.72. The van der Waals surface area contributed by atoms with E-state index in [2.05, 4.69) is 6.92 Å². The van der Waals surface area contributed by atoms with Crippen molar-refractivity contribution in [2.24, 2.45) is 0 Å². The second-order valence-electron chi connectivity index (χ2n) is 5.29. The molecule has 2 nitrogen and oxygen atoms in total. The molecule has 108 valence electrons. The molecule has 0 amide bonds. The van der Waals surface area contributed by atoms with Crippen molar-refractivity contribution in [3.8, 4) is 0 Å². The van der Waals surface area contributed by atoms with Gasteiger partial charge in [-0.3, -0.25) is 0 Å². The monoisotopic (exact) mass is 276 g/mol. The second kappa shape index (κ2) is 11.1. The molecule has 0 aromatic carbocycles. The van der Waals surface area contributed by atoms with Gasteiger partial charge in [0.1, 0.15) is 0 Å². The largest absolute Gasteiger partial charge is 0.350 e. The fraction of sp³-hybridized carbons (Fsp3) is 1.00. The summed E-state index contributed by atoms with van der Waals surface area (Å²) in [7, 11) is 0. The van der Waals surface area contributed by atoms with E-state index in [1.54, 1.807) is 0 Å². The van der Waals surface area contributed by atoms with Crippen LogP contribution in [0.5, 0.6) is 0 Å². The van der Waals surface area contributed by atoms with Crippen LogP contribution in [-0.2, 0) is 9.47 Å². The zero-order chi connectivity index (χ0) is 13.1. The average Bonchev–Trinajstić information content (AvgIpc) is 2.85. The molecule has 1 aliphatic heterocycles. The van der Waals surface area contributed by atoms with Gasteiger partial charge in [-0.1, -0.05) is 58.3 Å². The Hall–Kier alpha value is 0.210. The van der Waals surface area contributed by atoms with Crippen molar-refractivity contribution < 1.29 is 9.47 Å². The van der Waals surface area contributed by atoms with Crippen molar-refractivity contribution in [3.05, 3.63) is 0 Å². The lowest BCUT2D eigenvalue weighted by molar-refractivity contribution is -0.0599. The number of hydrogen-bond acceptors (Lipinski definition) is 2. The maximum atomic E-state index is 5.72. The minimum absolute atomic E-state index is 0.0123. The van der Waals surface area contributed by atoms with Crippen LogP contribution in [0.15, 0.2) is 0 Å². The fourth-order valence-corrected chi connectivity index (χ4v) is 2.52. The summed E-state index contributed by atoms with van der Waals surface area (Å²) in [5.41, 5.74) is 0. The molecule has 1 rings (SSSR count). The summed E-state index contributed by atoms with van der Waals surface area (Å²) in [5, 5.41) is 0. The zero-order valence-corrected chi connectivity index (χ0v) is 12.6. The molecule has 0 saturated carbocycles. The molecule has 0 spiro atoms. The van der Waals surface area contributed by atoms with Crippen LogP contribution in [0.4, 0.5) is 0 Å². The standard InChI is InChI=1S/C15H29ClO2/c1-2-3-4-5-6-7-8-9-10-11-15-17-13-14(12-16)18-15/h14-15H,2-13H2,1H3. The van der Waals surface area contributed by atoms with Crippen molar-refractivity contribution in [2.75, 3.05) is 12.5 Å². The first-order chi connectivity index (χ1) is 8.86. The molecule has 2 atom stereocenters. The Bertz CT molecular complexity index is 187. The normalized spacial score (nSPS) is 23.7. The number of unbranched alkanes of at least 4 members (excludes halogenated alkanes) is 8. The number of ether oxygens (including phenoxy) is 2. The van der Waals surface area contributed by atoms with Crippen LogP contribution in [0, 0.1) is 0 Å². The van der Waals surface area contributed by atoms with E-state index in [0.29, 0.717) is 12.5 Å². The summed E-state index contributed by atoms with van der Waals surface area (Å²) < 4.78 is 11.2. The van der Waals surface area contributed by atoms with Crippen molar-refractivity contribution >= 4 is 11.6 Å². The van der Waals surface area contributed by atoms with Gasteiger partial charge in [-0.05, 0) is 12.8 Å². The summed E-state index contributed by atoms with van der Waals surface area (Å²) in [4.78, 5) is 0. The predicted octanol–water partition coefficient (Wildman–Crippen LogP) is 4.89. The molecule has 0 radical (unpaired) electrons. The van der Waals surface area contributed by atoms with Gasteiger partial charge in [-0.15, -0.1) is 11.6 Å². The van der Waals surface area contributed by atoms with Crippen LogP contribution >= 0.6 is 11.6 Å². The highest BCUT2D eigenvalue weighted by molar-refractivity contribution is 6.18. The summed E-state index contributed by atoms with van der Waals surface area (Å²) in [5.74, 6) is 0.550. The first kappa shape index (κ1) is 16.3.